The molecule has 0 bridgehead atoms. The molecule has 0 unspecified atom stereocenters. The number of nitrogens with one attached hydrogen (secondary N) is 1. The Labute approximate surface area is 93.5 Å². The Balaban J connectivity index is 1.94. The molecule has 15 heavy (non-hydrogen) atoms. The van der Waals surface area contributed by atoms with Gasteiger partial charge in [0.05, 0.1) is 13.2 Å². The summed E-state index contributed by atoms with van der Waals surface area (Å²) in [5, 5.41) is 3.51. The van der Waals surface area contributed by atoms with E-state index in [9.17, 15) is 0 Å². The first-order valence-electron chi connectivity index (χ1n) is 6.10. The van der Waals surface area contributed by atoms with Crippen LogP contribution in [0.2, 0.25) is 0 Å². The molecule has 90 valence electrons. The Hall–Kier alpha value is -0.120. The van der Waals surface area contributed by atoms with Crippen LogP contribution in [0.5, 0.6) is 0 Å². The van der Waals surface area contributed by atoms with Gasteiger partial charge in [0.2, 0.25) is 0 Å². The lowest BCUT2D eigenvalue weighted by Gasteiger charge is -2.15. The van der Waals surface area contributed by atoms with Crippen molar-refractivity contribution in [2.24, 2.45) is 5.41 Å². The predicted molar refractivity (Wildman–Crippen MR) is 62.1 cm³/mol. The smallest absolute Gasteiger partial charge is 0.0700 e. The van der Waals surface area contributed by atoms with Crippen molar-refractivity contribution >= 4 is 0 Å². The van der Waals surface area contributed by atoms with E-state index in [1.54, 1.807) is 7.11 Å². The van der Waals surface area contributed by atoms with E-state index in [4.69, 9.17) is 9.47 Å². The summed E-state index contributed by atoms with van der Waals surface area (Å²) in [6, 6.07) is 0. The van der Waals surface area contributed by atoms with E-state index in [1.807, 2.05) is 0 Å². The molecule has 0 amide bonds. The van der Waals surface area contributed by atoms with Crippen LogP contribution in [-0.2, 0) is 9.47 Å². The topological polar surface area (TPSA) is 30.5 Å². The van der Waals surface area contributed by atoms with Gasteiger partial charge in [0.1, 0.15) is 0 Å². The third-order valence-electron chi connectivity index (χ3n) is 3.09. The molecule has 0 radical (unpaired) electrons. The Morgan fingerprint density at radius 3 is 2.60 bits per heavy atom. The van der Waals surface area contributed by atoms with E-state index in [2.05, 4.69) is 12.2 Å². The van der Waals surface area contributed by atoms with E-state index in [-0.39, 0.29) is 0 Å². The van der Waals surface area contributed by atoms with Gasteiger partial charge in [-0.1, -0.05) is 6.92 Å². The summed E-state index contributed by atoms with van der Waals surface area (Å²) in [7, 11) is 1.71. The third kappa shape index (κ3) is 5.50. The summed E-state index contributed by atoms with van der Waals surface area (Å²) < 4.78 is 10.4. The van der Waals surface area contributed by atoms with Crippen molar-refractivity contribution in [2.45, 2.75) is 32.6 Å². The molecule has 1 aliphatic carbocycles. The molecule has 1 fully saturated rings. The molecule has 0 aromatic heterocycles. The molecule has 0 spiro atoms. The molecule has 0 heterocycles. The van der Waals surface area contributed by atoms with Gasteiger partial charge in [0.15, 0.2) is 0 Å². The average molecular weight is 215 g/mol. The zero-order valence-electron chi connectivity index (χ0n) is 10.2. The molecule has 0 atom stereocenters. The molecule has 3 nitrogen and oxygen atoms in total. The van der Waals surface area contributed by atoms with Crippen molar-refractivity contribution in [2.75, 3.05) is 40.0 Å². The molecule has 0 aromatic carbocycles. The highest BCUT2D eigenvalue weighted by Gasteiger charge is 2.41. The normalized spacial score (nSPS) is 18.0. The lowest BCUT2D eigenvalue weighted by atomic mass is 10.0. The first-order valence-corrected chi connectivity index (χ1v) is 6.10. The van der Waals surface area contributed by atoms with Crippen LogP contribution in [0.25, 0.3) is 0 Å². The summed E-state index contributed by atoms with van der Waals surface area (Å²) in [5.74, 6) is 0. The second kappa shape index (κ2) is 7.20. The lowest BCUT2D eigenvalue weighted by molar-refractivity contribution is 0.0619. The second-order valence-electron chi connectivity index (χ2n) is 4.53. The van der Waals surface area contributed by atoms with Gasteiger partial charge in [-0.15, -0.1) is 0 Å². The second-order valence-corrected chi connectivity index (χ2v) is 4.53. The van der Waals surface area contributed by atoms with Crippen LogP contribution in [0.3, 0.4) is 0 Å². The van der Waals surface area contributed by atoms with Crippen molar-refractivity contribution in [3.05, 3.63) is 0 Å². The van der Waals surface area contributed by atoms with Gasteiger partial charge in [-0.3, -0.25) is 0 Å². The number of rotatable bonds is 10. The largest absolute Gasteiger partial charge is 0.382 e. The minimum absolute atomic E-state index is 0.572. The van der Waals surface area contributed by atoms with Gasteiger partial charge in [0.25, 0.3) is 0 Å². The quantitative estimate of drug-likeness (QED) is 0.564. The number of hydrogen-bond donors (Lipinski definition) is 1. The minimum Gasteiger partial charge on any atom is -0.382 e. The molecule has 1 saturated carbocycles. The average Bonchev–Trinajstić information content (AvgIpc) is 2.99. The Morgan fingerprint density at radius 2 is 2.00 bits per heavy atom. The maximum atomic E-state index is 5.50. The summed E-state index contributed by atoms with van der Waals surface area (Å²) in [6.45, 7) is 6.86. The van der Waals surface area contributed by atoms with E-state index in [0.29, 0.717) is 12.0 Å². The maximum absolute atomic E-state index is 5.50. The van der Waals surface area contributed by atoms with Gasteiger partial charge < -0.3 is 14.8 Å². The fourth-order valence-corrected chi connectivity index (χ4v) is 1.76. The molecular weight excluding hydrogens is 190 g/mol. The van der Waals surface area contributed by atoms with Crippen molar-refractivity contribution in [3.63, 3.8) is 0 Å². The predicted octanol–water partition coefficient (Wildman–Crippen LogP) is 1.82. The van der Waals surface area contributed by atoms with Crippen molar-refractivity contribution in [1.29, 1.82) is 0 Å². The summed E-state index contributed by atoms with van der Waals surface area (Å²) >= 11 is 0. The van der Waals surface area contributed by atoms with Gasteiger partial charge in [-0.25, -0.2) is 0 Å². The molecule has 0 aromatic rings. The molecule has 1 rings (SSSR count). The molecule has 0 saturated heterocycles. The minimum atomic E-state index is 0.572. The van der Waals surface area contributed by atoms with Crippen molar-refractivity contribution in [1.82, 2.24) is 5.32 Å². The van der Waals surface area contributed by atoms with Crippen molar-refractivity contribution in [3.8, 4) is 0 Å². The zero-order chi connectivity index (χ0) is 11.0. The number of ether oxygens (including phenoxy) is 2. The van der Waals surface area contributed by atoms with Crippen LogP contribution < -0.4 is 5.32 Å². The highest BCUT2D eigenvalue weighted by molar-refractivity contribution is 4.94. The Bertz CT molecular complexity index is 158. The first kappa shape index (κ1) is 12.9. The van der Waals surface area contributed by atoms with E-state index in [1.165, 1.54) is 32.2 Å². The lowest BCUT2D eigenvalue weighted by Crippen LogP contribution is -2.25. The standard InChI is InChI=1S/C12H25NO2/c1-3-7-13-11-12(4-5-12)6-8-15-10-9-14-2/h13H,3-11H2,1-2H3. The van der Waals surface area contributed by atoms with Crippen LogP contribution in [0, 0.1) is 5.41 Å². The summed E-state index contributed by atoms with van der Waals surface area (Å²) in [5.41, 5.74) is 0.572. The third-order valence-corrected chi connectivity index (χ3v) is 3.09. The Morgan fingerprint density at radius 1 is 1.20 bits per heavy atom. The summed E-state index contributed by atoms with van der Waals surface area (Å²) in [4.78, 5) is 0. The maximum Gasteiger partial charge on any atom is 0.0700 e. The molecule has 1 N–H and O–H groups in total. The van der Waals surface area contributed by atoms with Gasteiger partial charge in [-0.2, -0.15) is 0 Å². The zero-order valence-corrected chi connectivity index (χ0v) is 10.2. The fourth-order valence-electron chi connectivity index (χ4n) is 1.76. The van der Waals surface area contributed by atoms with Crippen molar-refractivity contribution < 1.29 is 9.47 Å². The first-order chi connectivity index (χ1) is 7.33. The van der Waals surface area contributed by atoms with Crippen LogP contribution in [0.1, 0.15) is 32.6 Å². The number of hydrogen-bond acceptors (Lipinski definition) is 3. The van der Waals surface area contributed by atoms with Crippen LogP contribution in [0.15, 0.2) is 0 Å². The van der Waals surface area contributed by atoms with Crippen LogP contribution in [0.4, 0.5) is 0 Å². The van der Waals surface area contributed by atoms with Gasteiger partial charge in [-0.05, 0) is 37.6 Å². The SMILES string of the molecule is CCCNCC1(CCOCCOC)CC1. The summed E-state index contributed by atoms with van der Waals surface area (Å²) in [6.07, 6.45) is 5.17. The molecule has 1 aliphatic rings. The van der Waals surface area contributed by atoms with Crippen LogP contribution >= 0.6 is 0 Å². The molecule has 0 aliphatic heterocycles. The van der Waals surface area contributed by atoms with E-state index < -0.39 is 0 Å². The van der Waals surface area contributed by atoms with E-state index >= 15 is 0 Å². The van der Waals surface area contributed by atoms with Gasteiger partial charge in [0, 0.05) is 20.3 Å². The van der Waals surface area contributed by atoms with E-state index in [0.717, 1.165) is 19.8 Å². The Kier molecular flexibility index (Phi) is 6.22. The van der Waals surface area contributed by atoms with Gasteiger partial charge >= 0.3 is 0 Å². The fraction of sp³-hybridized carbons (Fsp3) is 1.00. The highest BCUT2D eigenvalue weighted by Crippen LogP contribution is 2.48. The van der Waals surface area contributed by atoms with Crippen LogP contribution in [-0.4, -0.2) is 40.0 Å². The highest BCUT2D eigenvalue weighted by atomic mass is 16.5. The molecule has 3 heteroatoms. The molecular formula is C12H25NO2. The monoisotopic (exact) mass is 215 g/mol. The number of methoxy groups -OCH3 is 1.